The Morgan fingerprint density at radius 1 is 0.857 bits per heavy atom. The molecule has 0 unspecified atom stereocenters. The molecule has 0 radical (unpaired) electrons. The highest BCUT2D eigenvalue weighted by molar-refractivity contribution is 5.88. The highest BCUT2D eigenvalue weighted by Crippen LogP contribution is 2.20. The summed E-state index contributed by atoms with van der Waals surface area (Å²) in [6, 6.07) is 23.0. The van der Waals surface area contributed by atoms with Crippen LogP contribution in [-0.2, 0) is 22.6 Å². The lowest BCUT2D eigenvalue weighted by molar-refractivity contribution is -0.143. The Bertz CT molecular complexity index is 1140. The summed E-state index contributed by atoms with van der Waals surface area (Å²) in [4.78, 5) is 28.7. The minimum absolute atomic E-state index is 0.0387. The zero-order valence-corrected chi connectivity index (χ0v) is 21.4. The molecular weight excluding hydrogens is 436 g/mol. The van der Waals surface area contributed by atoms with Gasteiger partial charge in [0, 0.05) is 19.0 Å². The topological polar surface area (TPSA) is 58.6 Å². The first-order chi connectivity index (χ1) is 16.7. The van der Waals surface area contributed by atoms with E-state index in [1.165, 1.54) is 0 Å². The number of benzene rings is 3. The zero-order chi connectivity index (χ0) is 25.4. The van der Waals surface area contributed by atoms with Crippen LogP contribution in [0.25, 0.3) is 0 Å². The molecule has 0 heterocycles. The van der Waals surface area contributed by atoms with Gasteiger partial charge in [0.05, 0.1) is 0 Å². The minimum atomic E-state index is -0.671. The highest BCUT2D eigenvalue weighted by Gasteiger charge is 2.31. The number of nitrogens with one attached hydrogen (secondary N) is 1. The van der Waals surface area contributed by atoms with Crippen LogP contribution in [0.15, 0.2) is 72.8 Å². The van der Waals surface area contributed by atoms with Crippen LogP contribution in [0.5, 0.6) is 5.75 Å². The molecule has 5 heteroatoms. The first-order valence-electron chi connectivity index (χ1n) is 12.1. The highest BCUT2D eigenvalue weighted by atomic mass is 16.5. The number of carbonyl (C=O) groups excluding carboxylic acids is 2. The normalized spacial score (nSPS) is 11.7. The molecule has 0 aliphatic rings. The Morgan fingerprint density at radius 3 is 2.20 bits per heavy atom. The van der Waals surface area contributed by atoms with Gasteiger partial charge in [0.1, 0.15) is 11.8 Å². The fourth-order valence-corrected chi connectivity index (χ4v) is 4.13. The van der Waals surface area contributed by atoms with Gasteiger partial charge in [-0.05, 0) is 57.4 Å². The molecule has 0 spiro atoms. The Hall–Kier alpha value is -3.60. The maximum Gasteiger partial charge on any atom is 0.261 e. The molecule has 0 aliphatic heterocycles. The molecule has 35 heavy (non-hydrogen) atoms. The molecule has 0 aliphatic carbocycles. The van der Waals surface area contributed by atoms with Crippen LogP contribution >= 0.6 is 0 Å². The summed E-state index contributed by atoms with van der Waals surface area (Å²) in [5.74, 6) is 0.272. The van der Waals surface area contributed by atoms with Crippen molar-refractivity contribution in [2.24, 2.45) is 0 Å². The molecule has 5 nitrogen and oxygen atoms in total. The second-order valence-electron chi connectivity index (χ2n) is 9.44. The molecule has 0 saturated heterocycles. The predicted octanol–water partition coefficient (Wildman–Crippen LogP) is 5.16. The molecule has 3 aromatic rings. The van der Waals surface area contributed by atoms with Gasteiger partial charge in [0.25, 0.3) is 5.91 Å². The van der Waals surface area contributed by atoms with Crippen molar-refractivity contribution in [3.8, 4) is 5.75 Å². The van der Waals surface area contributed by atoms with Crippen LogP contribution in [-0.4, -0.2) is 35.4 Å². The van der Waals surface area contributed by atoms with Crippen LogP contribution in [0.3, 0.4) is 0 Å². The van der Waals surface area contributed by atoms with Gasteiger partial charge in [-0.25, -0.2) is 0 Å². The fraction of sp³-hybridized carbons (Fsp3) is 0.333. The second-order valence-corrected chi connectivity index (χ2v) is 9.44. The Balaban J connectivity index is 1.92. The maximum absolute atomic E-state index is 13.6. The number of amides is 2. The van der Waals surface area contributed by atoms with Gasteiger partial charge in [-0.15, -0.1) is 0 Å². The molecule has 1 N–H and O–H groups in total. The largest absolute Gasteiger partial charge is 0.483 e. The van der Waals surface area contributed by atoms with Crippen molar-refractivity contribution in [3.05, 3.63) is 101 Å². The summed E-state index contributed by atoms with van der Waals surface area (Å²) in [6.07, 6.45) is 0.417. The van der Waals surface area contributed by atoms with Crippen molar-refractivity contribution in [1.29, 1.82) is 0 Å². The zero-order valence-electron chi connectivity index (χ0n) is 21.4. The molecule has 0 saturated carbocycles. The smallest absolute Gasteiger partial charge is 0.261 e. The van der Waals surface area contributed by atoms with E-state index in [-0.39, 0.29) is 24.5 Å². The van der Waals surface area contributed by atoms with Crippen molar-refractivity contribution < 1.29 is 14.3 Å². The van der Waals surface area contributed by atoms with Crippen molar-refractivity contribution in [2.75, 3.05) is 6.61 Å². The lowest BCUT2D eigenvalue weighted by atomic mass is 10.0. The number of ether oxygens (including phenoxy) is 1. The Morgan fingerprint density at radius 2 is 1.54 bits per heavy atom. The van der Waals surface area contributed by atoms with Crippen molar-refractivity contribution >= 4 is 11.8 Å². The van der Waals surface area contributed by atoms with E-state index in [1.54, 1.807) is 4.90 Å². The van der Waals surface area contributed by atoms with Gasteiger partial charge in [-0.3, -0.25) is 9.59 Å². The average molecular weight is 473 g/mol. The van der Waals surface area contributed by atoms with Crippen LogP contribution in [0.2, 0.25) is 0 Å². The summed E-state index contributed by atoms with van der Waals surface area (Å²) in [5.41, 5.74) is 5.18. The van der Waals surface area contributed by atoms with E-state index in [0.29, 0.717) is 18.7 Å². The summed E-state index contributed by atoms with van der Waals surface area (Å²) < 4.78 is 5.93. The lowest BCUT2D eigenvalue weighted by Gasteiger charge is -2.32. The van der Waals surface area contributed by atoms with Gasteiger partial charge in [0.15, 0.2) is 6.61 Å². The second kappa shape index (κ2) is 12.2. The molecule has 1 atom stereocenters. The van der Waals surface area contributed by atoms with E-state index in [4.69, 9.17) is 4.74 Å². The molecular formula is C30H36N2O3. The Kier molecular flexibility index (Phi) is 9.07. The van der Waals surface area contributed by atoms with Crippen LogP contribution in [0, 0.1) is 20.8 Å². The standard InChI is InChI=1S/C30H36N2O3/c1-21(2)31-30(34)27(18-25-11-7-6-8-12-25)32(19-26-13-9-10-22(3)17-26)29(33)20-35-28-15-14-23(4)16-24(28)5/h6-17,21,27H,18-20H2,1-5H3,(H,31,34)/t27-/m1/s1. The maximum atomic E-state index is 13.6. The van der Waals surface area contributed by atoms with E-state index in [2.05, 4.69) is 5.32 Å². The molecule has 0 bridgehead atoms. The third-order valence-corrected chi connectivity index (χ3v) is 5.82. The summed E-state index contributed by atoms with van der Waals surface area (Å²) >= 11 is 0. The molecule has 3 aromatic carbocycles. The number of nitrogens with zero attached hydrogens (tertiary/aromatic N) is 1. The SMILES string of the molecule is Cc1cccc(CN(C(=O)COc2ccc(C)cc2C)[C@H](Cc2ccccc2)C(=O)NC(C)C)c1. The van der Waals surface area contributed by atoms with Gasteiger partial charge in [-0.2, -0.15) is 0 Å². The third kappa shape index (κ3) is 7.71. The van der Waals surface area contributed by atoms with E-state index in [0.717, 1.165) is 27.8 Å². The number of aryl methyl sites for hydroxylation is 3. The predicted molar refractivity (Wildman–Crippen MR) is 140 cm³/mol. The van der Waals surface area contributed by atoms with Gasteiger partial charge < -0.3 is 15.0 Å². The molecule has 184 valence electrons. The first kappa shape index (κ1) is 26.0. The quantitative estimate of drug-likeness (QED) is 0.444. The van der Waals surface area contributed by atoms with Crippen LogP contribution in [0.4, 0.5) is 0 Å². The molecule has 0 fully saturated rings. The molecule has 2 amide bonds. The Labute approximate surface area is 209 Å². The van der Waals surface area contributed by atoms with Crippen LogP contribution in [0.1, 0.15) is 41.7 Å². The van der Waals surface area contributed by atoms with Crippen molar-refractivity contribution in [1.82, 2.24) is 10.2 Å². The minimum Gasteiger partial charge on any atom is -0.483 e. The van der Waals surface area contributed by atoms with Gasteiger partial charge in [0.2, 0.25) is 5.91 Å². The average Bonchev–Trinajstić information content (AvgIpc) is 2.81. The van der Waals surface area contributed by atoms with Crippen molar-refractivity contribution in [2.45, 2.75) is 59.7 Å². The summed E-state index contributed by atoms with van der Waals surface area (Å²) in [7, 11) is 0. The summed E-state index contributed by atoms with van der Waals surface area (Å²) in [5, 5.41) is 3.01. The van der Waals surface area contributed by atoms with Gasteiger partial charge >= 0.3 is 0 Å². The lowest BCUT2D eigenvalue weighted by Crippen LogP contribution is -2.52. The molecule has 0 aromatic heterocycles. The summed E-state index contributed by atoms with van der Waals surface area (Å²) in [6.45, 7) is 10.0. The number of rotatable bonds is 10. The van der Waals surface area contributed by atoms with Crippen molar-refractivity contribution in [3.63, 3.8) is 0 Å². The molecule has 3 rings (SSSR count). The first-order valence-corrected chi connectivity index (χ1v) is 12.1. The van der Waals surface area contributed by atoms with Gasteiger partial charge in [-0.1, -0.05) is 77.9 Å². The number of carbonyl (C=O) groups is 2. The number of hydrogen-bond donors (Lipinski definition) is 1. The van der Waals surface area contributed by atoms with Crippen LogP contribution < -0.4 is 10.1 Å². The van der Waals surface area contributed by atoms with E-state index in [9.17, 15) is 9.59 Å². The fourth-order valence-electron chi connectivity index (χ4n) is 4.13. The third-order valence-electron chi connectivity index (χ3n) is 5.82. The van der Waals surface area contributed by atoms with E-state index in [1.807, 2.05) is 107 Å². The van der Waals surface area contributed by atoms with E-state index < -0.39 is 6.04 Å². The monoisotopic (exact) mass is 472 g/mol. The van der Waals surface area contributed by atoms with E-state index >= 15 is 0 Å². The number of hydrogen-bond acceptors (Lipinski definition) is 3.